The lowest BCUT2D eigenvalue weighted by Gasteiger charge is -2.26. The zero-order valence-electron chi connectivity index (χ0n) is 9.72. The summed E-state index contributed by atoms with van der Waals surface area (Å²) in [6.45, 7) is 3.35. The number of thioether (sulfide) groups is 1. The van der Waals surface area contributed by atoms with Gasteiger partial charge in [0.15, 0.2) is 0 Å². The zero-order valence-corrected chi connectivity index (χ0v) is 10.5. The van der Waals surface area contributed by atoms with Crippen LogP contribution >= 0.6 is 11.8 Å². The number of hydrogen-bond acceptors (Lipinski definition) is 2. The van der Waals surface area contributed by atoms with E-state index in [2.05, 4.69) is 18.5 Å². The van der Waals surface area contributed by atoms with Gasteiger partial charge in [0.05, 0.1) is 0 Å². The highest BCUT2D eigenvalue weighted by Gasteiger charge is 2.21. The van der Waals surface area contributed by atoms with Gasteiger partial charge in [-0.3, -0.25) is 0 Å². The molecule has 0 bridgehead atoms. The lowest BCUT2D eigenvalue weighted by atomic mass is 9.93. The van der Waals surface area contributed by atoms with Crippen LogP contribution in [0.5, 0.6) is 0 Å². The molecule has 1 fully saturated rings. The predicted octanol–water partition coefficient (Wildman–Crippen LogP) is 3.30. The Morgan fingerprint density at radius 1 is 1.21 bits per heavy atom. The van der Waals surface area contributed by atoms with E-state index in [4.69, 9.17) is 0 Å². The van der Waals surface area contributed by atoms with Crippen LogP contribution in [0.2, 0.25) is 0 Å². The van der Waals surface area contributed by atoms with Crippen molar-refractivity contribution in [2.45, 2.75) is 51.5 Å². The number of hydrogen-bond donors (Lipinski definition) is 1. The number of nitrogens with one attached hydrogen (secondary N) is 1. The Hall–Kier alpha value is 0.310. The maximum Gasteiger partial charge on any atom is 0.0186 e. The van der Waals surface area contributed by atoms with Crippen LogP contribution in [0.1, 0.15) is 45.4 Å². The molecule has 0 radical (unpaired) electrons. The predicted molar refractivity (Wildman–Crippen MR) is 67.0 cm³/mol. The lowest BCUT2D eigenvalue weighted by molar-refractivity contribution is 0.347. The van der Waals surface area contributed by atoms with Crippen LogP contribution in [0.3, 0.4) is 0 Å². The van der Waals surface area contributed by atoms with Gasteiger partial charge in [0.25, 0.3) is 0 Å². The Bertz CT molecular complexity index is 124. The summed E-state index contributed by atoms with van der Waals surface area (Å²) in [6.07, 6.45) is 11.0. The molecule has 1 aliphatic rings. The molecule has 1 atom stereocenters. The normalized spacial score (nSPS) is 21.9. The average Bonchev–Trinajstić information content (AvgIpc) is 2.45. The van der Waals surface area contributed by atoms with Gasteiger partial charge >= 0.3 is 0 Å². The van der Waals surface area contributed by atoms with Crippen molar-refractivity contribution >= 4 is 11.8 Å². The molecular formula is C12H25NS. The minimum absolute atomic E-state index is 0.771. The van der Waals surface area contributed by atoms with Crippen molar-refractivity contribution in [2.24, 2.45) is 5.92 Å². The second kappa shape index (κ2) is 7.58. The Morgan fingerprint density at radius 2 is 1.86 bits per heavy atom. The summed E-state index contributed by atoms with van der Waals surface area (Å²) in [7, 11) is 0. The van der Waals surface area contributed by atoms with E-state index < -0.39 is 0 Å². The standard InChI is InChI=1S/C12H25NS/c1-3-13-12(10-14-2)11-8-6-4-5-7-9-11/h11-13H,3-10H2,1-2H3. The quantitative estimate of drug-likeness (QED) is 0.706. The van der Waals surface area contributed by atoms with Crippen LogP contribution in [0.4, 0.5) is 0 Å². The Kier molecular flexibility index (Phi) is 6.70. The van der Waals surface area contributed by atoms with Crippen LogP contribution in [-0.4, -0.2) is 24.6 Å². The Labute approximate surface area is 93.4 Å². The molecular weight excluding hydrogens is 190 g/mol. The first-order valence-electron chi connectivity index (χ1n) is 6.10. The van der Waals surface area contributed by atoms with Gasteiger partial charge in [-0.15, -0.1) is 0 Å². The first kappa shape index (κ1) is 12.4. The maximum absolute atomic E-state index is 3.66. The van der Waals surface area contributed by atoms with E-state index in [0.717, 1.165) is 18.5 Å². The summed E-state index contributed by atoms with van der Waals surface area (Å²) in [6, 6.07) is 0.771. The van der Waals surface area contributed by atoms with E-state index in [1.54, 1.807) is 0 Å². The van der Waals surface area contributed by atoms with E-state index in [1.807, 2.05) is 11.8 Å². The van der Waals surface area contributed by atoms with Crippen LogP contribution in [0.25, 0.3) is 0 Å². The molecule has 0 aromatic rings. The third kappa shape index (κ3) is 4.22. The third-order valence-electron chi connectivity index (χ3n) is 3.28. The van der Waals surface area contributed by atoms with Gasteiger partial charge < -0.3 is 5.32 Å². The van der Waals surface area contributed by atoms with E-state index in [-0.39, 0.29) is 0 Å². The molecule has 1 aliphatic carbocycles. The van der Waals surface area contributed by atoms with Crippen molar-refractivity contribution in [3.05, 3.63) is 0 Å². The summed E-state index contributed by atoms with van der Waals surface area (Å²) in [4.78, 5) is 0. The highest BCUT2D eigenvalue weighted by Crippen LogP contribution is 2.26. The highest BCUT2D eigenvalue weighted by molar-refractivity contribution is 7.98. The SMILES string of the molecule is CCNC(CSC)C1CCCCCC1. The Morgan fingerprint density at radius 3 is 2.36 bits per heavy atom. The Balaban J connectivity index is 2.38. The van der Waals surface area contributed by atoms with E-state index in [0.29, 0.717) is 0 Å². The van der Waals surface area contributed by atoms with Crippen molar-refractivity contribution in [1.82, 2.24) is 5.32 Å². The van der Waals surface area contributed by atoms with Crippen LogP contribution in [-0.2, 0) is 0 Å². The molecule has 0 heterocycles. The highest BCUT2D eigenvalue weighted by atomic mass is 32.2. The van der Waals surface area contributed by atoms with Gasteiger partial charge in [0.1, 0.15) is 0 Å². The second-order valence-electron chi connectivity index (χ2n) is 4.37. The molecule has 84 valence electrons. The van der Waals surface area contributed by atoms with Crippen molar-refractivity contribution in [2.75, 3.05) is 18.6 Å². The first-order valence-corrected chi connectivity index (χ1v) is 7.50. The largest absolute Gasteiger partial charge is 0.313 e. The summed E-state index contributed by atoms with van der Waals surface area (Å²) >= 11 is 1.99. The van der Waals surface area contributed by atoms with Gasteiger partial charge in [-0.1, -0.05) is 32.6 Å². The van der Waals surface area contributed by atoms with Gasteiger partial charge in [0.2, 0.25) is 0 Å². The molecule has 0 aliphatic heterocycles. The van der Waals surface area contributed by atoms with Gasteiger partial charge in [-0.2, -0.15) is 11.8 Å². The first-order chi connectivity index (χ1) is 6.88. The zero-order chi connectivity index (χ0) is 10.2. The fourth-order valence-electron chi connectivity index (χ4n) is 2.52. The molecule has 0 aromatic heterocycles. The molecule has 0 amide bonds. The van der Waals surface area contributed by atoms with E-state index >= 15 is 0 Å². The summed E-state index contributed by atoms with van der Waals surface area (Å²) in [5.41, 5.74) is 0. The smallest absolute Gasteiger partial charge is 0.0186 e. The summed E-state index contributed by atoms with van der Waals surface area (Å²) < 4.78 is 0. The summed E-state index contributed by atoms with van der Waals surface area (Å²) in [5, 5.41) is 3.66. The molecule has 0 spiro atoms. The van der Waals surface area contributed by atoms with E-state index in [9.17, 15) is 0 Å². The second-order valence-corrected chi connectivity index (χ2v) is 5.28. The fourth-order valence-corrected chi connectivity index (χ4v) is 3.27. The number of rotatable bonds is 5. The molecule has 1 N–H and O–H groups in total. The van der Waals surface area contributed by atoms with Crippen LogP contribution < -0.4 is 5.32 Å². The van der Waals surface area contributed by atoms with Crippen molar-refractivity contribution in [3.8, 4) is 0 Å². The summed E-state index contributed by atoms with van der Waals surface area (Å²) in [5.74, 6) is 2.24. The van der Waals surface area contributed by atoms with Gasteiger partial charge in [0, 0.05) is 11.8 Å². The van der Waals surface area contributed by atoms with Gasteiger partial charge in [-0.05, 0) is 31.6 Å². The third-order valence-corrected chi connectivity index (χ3v) is 3.97. The van der Waals surface area contributed by atoms with Crippen molar-refractivity contribution < 1.29 is 0 Å². The molecule has 1 saturated carbocycles. The topological polar surface area (TPSA) is 12.0 Å². The van der Waals surface area contributed by atoms with E-state index in [1.165, 1.54) is 44.3 Å². The molecule has 0 saturated heterocycles. The fraction of sp³-hybridized carbons (Fsp3) is 1.00. The molecule has 2 heteroatoms. The molecule has 0 aromatic carbocycles. The molecule has 1 rings (SSSR count). The molecule has 1 unspecified atom stereocenters. The van der Waals surface area contributed by atoms with Crippen molar-refractivity contribution in [1.29, 1.82) is 0 Å². The van der Waals surface area contributed by atoms with Crippen molar-refractivity contribution in [3.63, 3.8) is 0 Å². The molecule has 1 nitrogen and oxygen atoms in total. The minimum Gasteiger partial charge on any atom is -0.313 e. The van der Waals surface area contributed by atoms with Gasteiger partial charge in [-0.25, -0.2) is 0 Å². The minimum atomic E-state index is 0.771. The maximum atomic E-state index is 3.66. The average molecular weight is 215 g/mol. The lowest BCUT2D eigenvalue weighted by Crippen LogP contribution is -2.38. The monoisotopic (exact) mass is 215 g/mol. The van der Waals surface area contributed by atoms with Crippen LogP contribution in [0, 0.1) is 5.92 Å². The van der Waals surface area contributed by atoms with Crippen LogP contribution in [0.15, 0.2) is 0 Å². The molecule has 14 heavy (non-hydrogen) atoms.